The average molecular weight is 266 g/mol. The first-order valence-electron chi connectivity index (χ1n) is 5.05. The fourth-order valence-electron chi connectivity index (χ4n) is 1.36. The summed E-state index contributed by atoms with van der Waals surface area (Å²) in [7, 11) is 0. The lowest BCUT2D eigenvalue weighted by atomic mass is 10.2. The first-order valence-corrected chi connectivity index (χ1v) is 5.43. The summed E-state index contributed by atoms with van der Waals surface area (Å²) >= 11 is 5.50. The number of hydrogen-bond acceptors (Lipinski definition) is 3. The van der Waals surface area contributed by atoms with Gasteiger partial charge in [0.1, 0.15) is 5.69 Å². The van der Waals surface area contributed by atoms with E-state index in [9.17, 15) is 9.18 Å². The number of nitrogens with zero attached hydrogens (tertiary/aromatic N) is 1. The highest BCUT2D eigenvalue weighted by molar-refractivity contribution is 6.29. The molecule has 0 fully saturated rings. The Morgan fingerprint density at radius 1 is 1.33 bits per heavy atom. The standard InChI is InChI=1S/C12H9ClFN3O/c13-11-9(14)4-5-10(17-11)12(18)16-8-3-1-2-7(15)6-8/h1-6H,15H2,(H,16,18). The number of aromatic nitrogens is 1. The molecule has 2 aromatic rings. The van der Waals surface area contributed by atoms with E-state index in [-0.39, 0.29) is 10.8 Å². The molecule has 0 spiro atoms. The van der Waals surface area contributed by atoms with Crippen LogP contribution >= 0.6 is 11.6 Å². The maximum Gasteiger partial charge on any atom is 0.274 e. The fourth-order valence-corrected chi connectivity index (χ4v) is 1.51. The quantitative estimate of drug-likeness (QED) is 0.648. The second-order valence-electron chi connectivity index (χ2n) is 3.55. The first kappa shape index (κ1) is 12.3. The van der Waals surface area contributed by atoms with Gasteiger partial charge in [0, 0.05) is 11.4 Å². The van der Waals surface area contributed by atoms with Gasteiger partial charge in [-0.1, -0.05) is 17.7 Å². The molecular formula is C12H9ClFN3O. The summed E-state index contributed by atoms with van der Waals surface area (Å²) < 4.78 is 12.9. The van der Waals surface area contributed by atoms with E-state index in [4.69, 9.17) is 17.3 Å². The Labute approximate surface area is 108 Å². The number of anilines is 2. The van der Waals surface area contributed by atoms with Crippen molar-refractivity contribution >= 4 is 28.9 Å². The minimum absolute atomic E-state index is 0.0313. The molecule has 0 aliphatic rings. The summed E-state index contributed by atoms with van der Waals surface area (Å²) in [6.07, 6.45) is 0. The molecule has 4 nitrogen and oxygen atoms in total. The number of benzene rings is 1. The van der Waals surface area contributed by atoms with Crippen LogP contribution in [0.15, 0.2) is 36.4 Å². The number of pyridine rings is 1. The van der Waals surface area contributed by atoms with Crippen molar-refractivity contribution < 1.29 is 9.18 Å². The Bertz CT molecular complexity index is 604. The van der Waals surface area contributed by atoms with E-state index in [0.717, 1.165) is 6.07 Å². The third-order valence-electron chi connectivity index (χ3n) is 2.18. The Kier molecular flexibility index (Phi) is 3.43. The highest BCUT2D eigenvalue weighted by Crippen LogP contribution is 2.15. The molecule has 0 atom stereocenters. The summed E-state index contributed by atoms with van der Waals surface area (Å²) in [6, 6.07) is 9.02. The molecule has 0 aliphatic carbocycles. The number of rotatable bonds is 2. The van der Waals surface area contributed by atoms with Crippen LogP contribution in [0, 0.1) is 5.82 Å². The summed E-state index contributed by atoms with van der Waals surface area (Å²) in [5.74, 6) is -1.15. The lowest BCUT2D eigenvalue weighted by Crippen LogP contribution is -2.14. The van der Waals surface area contributed by atoms with Crippen LogP contribution in [0.4, 0.5) is 15.8 Å². The van der Waals surface area contributed by atoms with Crippen molar-refractivity contribution in [3.8, 4) is 0 Å². The zero-order valence-corrected chi connectivity index (χ0v) is 9.91. The SMILES string of the molecule is Nc1cccc(NC(=O)c2ccc(F)c(Cl)n2)c1. The van der Waals surface area contributed by atoms with Crippen molar-refractivity contribution in [2.45, 2.75) is 0 Å². The number of hydrogen-bond donors (Lipinski definition) is 2. The van der Waals surface area contributed by atoms with Crippen LogP contribution in [0.2, 0.25) is 5.15 Å². The lowest BCUT2D eigenvalue weighted by Gasteiger charge is -2.05. The number of halogens is 2. The van der Waals surface area contributed by atoms with Gasteiger partial charge in [-0.2, -0.15) is 0 Å². The highest BCUT2D eigenvalue weighted by atomic mass is 35.5. The molecule has 1 aromatic carbocycles. The van der Waals surface area contributed by atoms with Crippen molar-refractivity contribution in [1.29, 1.82) is 0 Å². The Balaban J connectivity index is 2.19. The van der Waals surface area contributed by atoms with E-state index in [1.54, 1.807) is 24.3 Å². The van der Waals surface area contributed by atoms with Crippen molar-refractivity contribution in [2.75, 3.05) is 11.1 Å². The number of carbonyl (C=O) groups is 1. The zero-order valence-electron chi connectivity index (χ0n) is 9.15. The third kappa shape index (κ3) is 2.75. The highest BCUT2D eigenvalue weighted by Gasteiger charge is 2.10. The normalized spacial score (nSPS) is 10.1. The molecule has 0 saturated carbocycles. The largest absolute Gasteiger partial charge is 0.399 e. The molecular weight excluding hydrogens is 257 g/mol. The topological polar surface area (TPSA) is 68.0 Å². The van der Waals surface area contributed by atoms with Crippen molar-refractivity contribution in [3.63, 3.8) is 0 Å². The van der Waals surface area contributed by atoms with E-state index in [1.165, 1.54) is 6.07 Å². The molecule has 0 aliphatic heterocycles. The van der Waals surface area contributed by atoms with Crippen LogP contribution in [0.5, 0.6) is 0 Å². The third-order valence-corrected chi connectivity index (χ3v) is 2.45. The van der Waals surface area contributed by atoms with Gasteiger partial charge < -0.3 is 11.1 Å². The molecule has 3 N–H and O–H groups in total. The molecule has 1 amide bonds. The van der Waals surface area contributed by atoms with E-state index in [0.29, 0.717) is 11.4 Å². The van der Waals surface area contributed by atoms with Gasteiger partial charge in [0.05, 0.1) is 0 Å². The van der Waals surface area contributed by atoms with Gasteiger partial charge in [0.2, 0.25) is 0 Å². The maximum atomic E-state index is 12.9. The summed E-state index contributed by atoms with van der Waals surface area (Å²) in [5.41, 5.74) is 6.67. The van der Waals surface area contributed by atoms with Gasteiger partial charge in [0.15, 0.2) is 11.0 Å². The number of carbonyl (C=O) groups excluding carboxylic acids is 1. The van der Waals surface area contributed by atoms with Gasteiger partial charge in [-0.05, 0) is 30.3 Å². The molecule has 0 radical (unpaired) electrons. The minimum atomic E-state index is -0.669. The lowest BCUT2D eigenvalue weighted by molar-refractivity contribution is 0.102. The molecule has 6 heteroatoms. The molecule has 1 aromatic heterocycles. The Morgan fingerprint density at radius 3 is 2.78 bits per heavy atom. The molecule has 92 valence electrons. The predicted molar refractivity (Wildman–Crippen MR) is 68.0 cm³/mol. The van der Waals surface area contributed by atoms with E-state index in [2.05, 4.69) is 10.3 Å². The van der Waals surface area contributed by atoms with Crippen LogP contribution in [0.3, 0.4) is 0 Å². The van der Waals surface area contributed by atoms with Crippen LogP contribution in [0.25, 0.3) is 0 Å². The molecule has 0 unspecified atom stereocenters. The van der Waals surface area contributed by atoms with Crippen molar-refractivity contribution in [1.82, 2.24) is 4.98 Å². The molecule has 0 saturated heterocycles. The molecule has 0 bridgehead atoms. The number of nitrogens with two attached hydrogens (primary N) is 1. The van der Waals surface area contributed by atoms with Crippen LogP contribution in [-0.2, 0) is 0 Å². The van der Waals surface area contributed by atoms with Gasteiger partial charge in [0.25, 0.3) is 5.91 Å². The average Bonchev–Trinajstić information content (AvgIpc) is 2.32. The number of nitrogen functional groups attached to an aromatic ring is 1. The minimum Gasteiger partial charge on any atom is -0.399 e. The predicted octanol–water partition coefficient (Wildman–Crippen LogP) is 2.71. The van der Waals surface area contributed by atoms with E-state index < -0.39 is 11.7 Å². The van der Waals surface area contributed by atoms with Crippen molar-refractivity contribution in [2.24, 2.45) is 0 Å². The molecule has 18 heavy (non-hydrogen) atoms. The van der Waals surface area contributed by atoms with Crippen molar-refractivity contribution in [3.05, 3.63) is 53.1 Å². The first-order chi connectivity index (χ1) is 8.56. The van der Waals surface area contributed by atoms with Gasteiger partial charge in [-0.25, -0.2) is 9.37 Å². The summed E-state index contributed by atoms with van der Waals surface area (Å²) in [4.78, 5) is 15.4. The van der Waals surface area contributed by atoms with Crippen LogP contribution in [-0.4, -0.2) is 10.9 Å². The molecule has 2 rings (SSSR count). The van der Waals surface area contributed by atoms with Gasteiger partial charge in [-0.15, -0.1) is 0 Å². The summed E-state index contributed by atoms with van der Waals surface area (Å²) in [6.45, 7) is 0. The zero-order chi connectivity index (χ0) is 13.1. The smallest absolute Gasteiger partial charge is 0.274 e. The van der Waals surface area contributed by atoms with Gasteiger partial charge in [-0.3, -0.25) is 4.79 Å². The van der Waals surface area contributed by atoms with E-state index in [1.807, 2.05) is 0 Å². The second kappa shape index (κ2) is 5.01. The van der Waals surface area contributed by atoms with Gasteiger partial charge >= 0.3 is 0 Å². The van der Waals surface area contributed by atoms with E-state index >= 15 is 0 Å². The Hall–Kier alpha value is -2.14. The van der Waals surface area contributed by atoms with Crippen LogP contribution < -0.4 is 11.1 Å². The second-order valence-corrected chi connectivity index (χ2v) is 3.91. The summed E-state index contributed by atoms with van der Waals surface area (Å²) in [5, 5.41) is 2.25. The number of amides is 1. The maximum absolute atomic E-state index is 12.9. The van der Waals surface area contributed by atoms with Crippen LogP contribution in [0.1, 0.15) is 10.5 Å². The number of nitrogens with one attached hydrogen (secondary N) is 1. The molecule has 1 heterocycles. The fraction of sp³-hybridized carbons (Fsp3) is 0. The monoisotopic (exact) mass is 265 g/mol. The Morgan fingerprint density at radius 2 is 2.11 bits per heavy atom.